The summed E-state index contributed by atoms with van der Waals surface area (Å²) in [5.41, 5.74) is 0.0165. The molecular formula is C17H17FN4O4S. The normalized spacial score (nSPS) is 17.1. The number of nitro groups is 1. The van der Waals surface area contributed by atoms with Crippen molar-refractivity contribution in [3.8, 4) is 0 Å². The molecule has 1 fully saturated rings. The number of non-ortho nitro benzene ring substituents is 1. The van der Waals surface area contributed by atoms with E-state index in [1.54, 1.807) is 4.31 Å². The summed E-state index contributed by atoms with van der Waals surface area (Å²) in [5.74, 6) is -1.09. The predicted molar refractivity (Wildman–Crippen MR) is 97.0 cm³/mol. The molecule has 1 amide bonds. The number of hydrogen-bond donors (Lipinski definition) is 1. The Balaban J connectivity index is 2.03. The summed E-state index contributed by atoms with van der Waals surface area (Å²) in [6.07, 6.45) is 0. The molecule has 0 aromatic heterocycles. The van der Waals surface area contributed by atoms with Gasteiger partial charge in [-0.2, -0.15) is 4.36 Å². The Morgan fingerprint density at radius 1 is 1.15 bits per heavy atom. The van der Waals surface area contributed by atoms with Crippen LogP contribution in [0.5, 0.6) is 0 Å². The van der Waals surface area contributed by atoms with Crippen molar-refractivity contribution >= 4 is 21.4 Å². The number of morpholine rings is 1. The van der Waals surface area contributed by atoms with Crippen LogP contribution >= 0.6 is 0 Å². The zero-order valence-electron chi connectivity index (χ0n) is 14.2. The van der Waals surface area contributed by atoms with Gasteiger partial charge in [-0.1, -0.05) is 0 Å². The molecule has 1 atom stereocenters. The largest absolute Gasteiger partial charge is 0.379 e. The molecule has 142 valence electrons. The highest BCUT2D eigenvalue weighted by Gasteiger charge is 2.23. The van der Waals surface area contributed by atoms with Crippen molar-refractivity contribution in [3.63, 3.8) is 0 Å². The van der Waals surface area contributed by atoms with Gasteiger partial charge < -0.3 is 4.74 Å². The Bertz CT molecular complexity index is 963. The average molecular weight is 392 g/mol. The molecule has 27 heavy (non-hydrogen) atoms. The van der Waals surface area contributed by atoms with Crippen LogP contribution in [0.4, 0.5) is 10.1 Å². The van der Waals surface area contributed by atoms with E-state index in [2.05, 4.69) is 4.36 Å². The van der Waals surface area contributed by atoms with E-state index < -0.39 is 26.5 Å². The van der Waals surface area contributed by atoms with Crippen LogP contribution in [0.3, 0.4) is 0 Å². The van der Waals surface area contributed by atoms with E-state index in [1.807, 2.05) is 0 Å². The summed E-state index contributed by atoms with van der Waals surface area (Å²) in [4.78, 5) is 23.3. The van der Waals surface area contributed by atoms with E-state index in [-0.39, 0.29) is 11.3 Å². The second-order valence-corrected chi connectivity index (χ2v) is 8.01. The summed E-state index contributed by atoms with van der Waals surface area (Å²) >= 11 is 0. The van der Waals surface area contributed by atoms with Crippen molar-refractivity contribution < 1.29 is 18.8 Å². The van der Waals surface area contributed by atoms with Gasteiger partial charge in [-0.3, -0.25) is 19.7 Å². The first kappa shape index (κ1) is 19.1. The lowest BCUT2D eigenvalue weighted by atomic mass is 10.2. The Kier molecular flexibility index (Phi) is 5.59. The van der Waals surface area contributed by atoms with Crippen LogP contribution in [0.25, 0.3) is 0 Å². The number of carbonyl (C=O) groups excluding carboxylic acids is 1. The van der Waals surface area contributed by atoms with Crippen LogP contribution in [-0.2, 0) is 14.5 Å². The second kappa shape index (κ2) is 7.91. The molecule has 3 rings (SSSR count). The summed E-state index contributed by atoms with van der Waals surface area (Å²) < 4.78 is 33.5. The van der Waals surface area contributed by atoms with Gasteiger partial charge in [0.15, 0.2) is 0 Å². The summed E-state index contributed by atoms with van der Waals surface area (Å²) in [6.45, 7) is 1.67. The van der Waals surface area contributed by atoms with E-state index in [4.69, 9.17) is 9.52 Å². The number of nitrogens with one attached hydrogen (secondary N) is 1. The lowest BCUT2D eigenvalue weighted by molar-refractivity contribution is -0.384. The van der Waals surface area contributed by atoms with Gasteiger partial charge in [-0.05, 0) is 36.4 Å². The van der Waals surface area contributed by atoms with Gasteiger partial charge >= 0.3 is 0 Å². The molecule has 1 saturated heterocycles. The topological polar surface area (TPSA) is 109 Å². The first-order valence-electron chi connectivity index (χ1n) is 8.08. The van der Waals surface area contributed by atoms with Crippen LogP contribution in [0.1, 0.15) is 10.4 Å². The molecule has 0 saturated carbocycles. The standard InChI is InChI=1S/C17H17FN4O4S/c18-14-3-7-16(8-4-14)27(19,21-9-11-26-12-10-21)20-17(23)13-1-5-15(6-2-13)22(24)25/h1-8,19H,9-12H2. The van der Waals surface area contributed by atoms with Crippen molar-refractivity contribution in [2.75, 3.05) is 26.3 Å². The molecule has 0 spiro atoms. The minimum Gasteiger partial charge on any atom is -0.379 e. The molecule has 1 N–H and O–H groups in total. The highest BCUT2D eigenvalue weighted by Crippen LogP contribution is 2.23. The van der Waals surface area contributed by atoms with Crippen molar-refractivity contribution in [2.24, 2.45) is 4.36 Å². The molecule has 2 aromatic carbocycles. The maximum atomic E-state index is 13.3. The third-order valence-corrected chi connectivity index (χ3v) is 6.50. The number of carbonyl (C=O) groups is 1. The van der Waals surface area contributed by atoms with Crippen LogP contribution in [0.2, 0.25) is 0 Å². The third-order valence-electron chi connectivity index (χ3n) is 4.03. The monoisotopic (exact) mass is 392 g/mol. The molecule has 1 heterocycles. The fraction of sp³-hybridized carbons (Fsp3) is 0.235. The average Bonchev–Trinajstić information content (AvgIpc) is 2.69. The number of rotatable bonds is 4. The quantitative estimate of drug-likeness (QED) is 0.634. The fourth-order valence-corrected chi connectivity index (χ4v) is 4.65. The van der Waals surface area contributed by atoms with Gasteiger partial charge in [0.25, 0.3) is 11.6 Å². The number of nitro benzene ring substituents is 1. The third kappa shape index (κ3) is 4.18. The number of ether oxygens (including phenoxy) is 1. The number of benzene rings is 2. The maximum absolute atomic E-state index is 13.3. The highest BCUT2D eigenvalue weighted by molar-refractivity contribution is 7.92. The van der Waals surface area contributed by atoms with E-state index in [9.17, 15) is 19.3 Å². The van der Waals surface area contributed by atoms with Gasteiger partial charge in [-0.15, -0.1) is 0 Å². The minimum absolute atomic E-state index is 0.136. The summed E-state index contributed by atoms with van der Waals surface area (Å²) in [7, 11) is -2.83. The van der Waals surface area contributed by atoms with Crippen LogP contribution < -0.4 is 0 Å². The zero-order valence-corrected chi connectivity index (χ0v) is 15.0. The maximum Gasteiger partial charge on any atom is 0.285 e. The van der Waals surface area contributed by atoms with E-state index in [0.29, 0.717) is 31.2 Å². The summed E-state index contributed by atoms with van der Waals surface area (Å²) in [5, 5.41) is 10.8. The molecule has 2 aromatic rings. The predicted octanol–water partition coefficient (Wildman–Crippen LogP) is 3.28. The van der Waals surface area contributed by atoms with Crippen molar-refractivity contribution in [2.45, 2.75) is 4.90 Å². The van der Waals surface area contributed by atoms with Crippen LogP contribution in [-0.4, -0.2) is 41.4 Å². The Hall–Kier alpha value is -2.69. The Morgan fingerprint density at radius 3 is 2.30 bits per heavy atom. The molecule has 0 bridgehead atoms. The number of amides is 1. The zero-order chi connectivity index (χ0) is 19.4. The first-order chi connectivity index (χ1) is 12.9. The molecule has 1 aliphatic rings. The van der Waals surface area contributed by atoms with Crippen LogP contribution in [0.15, 0.2) is 57.8 Å². The number of hydrogen-bond acceptors (Lipinski definition) is 5. The van der Waals surface area contributed by atoms with Gasteiger partial charge in [0, 0.05) is 45.5 Å². The lowest BCUT2D eigenvalue weighted by Gasteiger charge is -2.31. The minimum atomic E-state index is -2.83. The summed E-state index contributed by atoms with van der Waals surface area (Å²) in [6, 6.07) is 10.4. The SMILES string of the molecule is N=S(=NC(=O)c1ccc([N+](=O)[O-])cc1)(c1ccc(F)cc1)N1CCOCC1. The van der Waals surface area contributed by atoms with E-state index >= 15 is 0 Å². The number of halogens is 1. The fourth-order valence-electron chi connectivity index (χ4n) is 2.59. The van der Waals surface area contributed by atoms with Gasteiger partial charge in [0.05, 0.1) is 18.1 Å². The Labute approximate surface area is 155 Å². The molecule has 0 aliphatic carbocycles. The van der Waals surface area contributed by atoms with Gasteiger partial charge in [0.1, 0.15) is 5.82 Å². The molecule has 1 unspecified atom stereocenters. The number of nitrogens with zero attached hydrogens (tertiary/aromatic N) is 3. The highest BCUT2D eigenvalue weighted by atomic mass is 32.2. The Morgan fingerprint density at radius 2 is 1.74 bits per heavy atom. The van der Waals surface area contributed by atoms with Crippen molar-refractivity contribution in [3.05, 3.63) is 70.0 Å². The van der Waals surface area contributed by atoms with E-state index in [1.165, 1.54) is 48.5 Å². The van der Waals surface area contributed by atoms with Gasteiger partial charge in [0.2, 0.25) is 0 Å². The second-order valence-electron chi connectivity index (χ2n) is 5.74. The smallest absolute Gasteiger partial charge is 0.285 e. The van der Waals surface area contributed by atoms with Crippen molar-refractivity contribution in [1.29, 1.82) is 4.78 Å². The molecule has 1 aliphatic heterocycles. The lowest BCUT2D eigenvalue weighted by Crippen LogP contribution is -2.40. The van der Waals surface area contributed by atoms with Crippen LogP contribution in [0, 0.1) is 20.7 Å². The molecular weight excluding hydrogens is 375 g/mol. The molecule has 10 heteroatoms. The van der Waals surface area contributed by atoms with E-state index in [0.717, 1.165) is 0 Å². The first-order valence-corrected chi connectivity index (χ1v) is 9.63. The van der Waals surface area contributed by atoms with Crippen molar-refractivity contribution in [1.82, 2.24) is 4.31 Å². The molecule has 8 nitrogen and oxygen atoms in total. The molecule has 0 radical (unpaired) electrons. The van der Waals surface area contributed by atoms with Gasteiger partial charge in [-0.25, -0.2) is 8.70 Å².